The summed E-state index contributed by atoms with van der Waals surface area (Å²) < 4.78 is 0. The van der Waals surface area contributed by atoms with Crippen molar-refractivity contribution >= 4 is 5.84 Å². The highest BCUT2D eigenvalue weighted by Gasteiger charge is 2.43. The Balaban J connectivity index is 1.65. The van der Waals surface area contributed by atoms with Crippen LogP contribution >= 0.6 is 0 Å². The van der Waals surface area contributed by atoms with Crippen LogP contribution in [0, 0.1) is 16.7 Å². The molecule has 2 saturated carbocycles. The van der Waals surface area contributed by atoms with E-state index in [1.54, 1.807) is 0 Å². The molecule has 2 heteroatoms. The molecule has 78 valence electrons. The zero-order valence-corrected chi connectivity index (χ0v) is 8.89. The van der Waals surface area contributed by atoms with Crippen molar-refractivity contribution in [2.75, 3.05) is 13.1 Å². The fourth-order valence-electron chi connectivity index (χ4n) is 3.29. The van der Waals surface area contributed by atoms with Crippen molar-refractivity contribution in [1.29, 1.82) is 5.41 Å². The maximum atomic E-state index is 8.08. The highest BCUT2D eigenvalue weighted by atomic mass is 15.2. The third-order valence-corrected chi connectivity index (χ3v) is 4.41. The largest absolute Gasteiger partial charge is 0.360 e. The second-order valence-corrected chi connectivity index (χ2v) is 5.54. The zero-order valence-electron chi connectivity index (χ0n) is 8.89. The number of hydrogen-bond acceptors (Lipinski definition) is 1. The molecule has 1 aliphatic heterocycles. The second-order valence-electron chi connectivity index (χ2n) is 5.54. The van der Waals surface area contributed by atoms with E-state index in [4.69, 9.17) is 5.41 Å². The van der Waals surface area contributed by atoms with Crippen LogP contribution < -0.4 is 0 Å². The van der Waals surface area contributed by atoms with Crippen molar-refractivity contribution in [1.82, 2.24) is 4.90 Å². The van der Waals surface area contributed by atoms with Crippen LogP contribution in [0.5, 0.6) is 0 Å². The first kappa shape index (κ1) is 8.75. The number of hydrogen-bond donors (Lipinski definition) is 1. The molecule has 3 rings (SSSR count). The molecule has 1 heterocycles. The molecule has 1 N–H and O–H groups in total. The summed E-state index contributed by atoms with van der Waals surface area (Å²) in [6.07, 6.45) is 9.66. The minimum absolute atomic E-state index is 0.640. The van der Waals surface area contributed by atoms with Crippen LogP contribution in [0.15, 0.2) is 0 Å². The molecule has 3 fully saturated rings. The van der Waals surface area contributed by atoms with Gasteiger partial charge in [-0.2, -0.15) is 0 Å². The number of nitrogens with one attached hydrogen (secondary N) is 1. The first-order chi connectivity index (χ1) is 6.79. The molecule has 0 aromatic rings. The highest BCUT2D eigenvalue weighted by molar-refractivity contribution is 5.84. The summed E-state index contributed by atoms with van der Waals surface area (Å²) in [5.41, 5.74) is 0.640. The maximum Gasteiger partial charge on any atom is 0.0989 e. The highest BCUT2D eigenvalue weighted by Crippen LogP contribution is 2.46. The Hall–Kier alpha value is -0.530. The summed E-state index contributed by atoms with van der Waals surface area (Å²) in [4.78, 5) is 2.38. The lowest BCUT2D eigenvalue weighted by Gasteiger charge is -2.24. The van der Waals surface area contributed by atoms with E-state index >= 15 is 0 Å². The third kappa shape index (κ3) is 1.35. The summed E-state index contributed by atoms with van der Waals surface area (Å²) in [6, 6.07) is 0. The molecule has 1 spiro atoms. The van der Waals surface area contributed by atoms with Gasteiger partial charge in [0.25, 0.3) is 0 Å². The topological polar surface area (TPSA) is 27.1 Å². The molecule has 0 bridgehead atoms. The van der Waals surface area contributed by atoms with Crippen molar-refractivity contribution in [3.05, 3.63) is 0 Å². The summed E-state index contributed by atoms with van der Waals surface area (Å²) in [5.74, 6) is 1.61. The van der Waals surface area contributed by atoms with Gasteiger partial charge in [0.15, 0.2) is 0 Å². The van der Waals surface area contributed by atoms with E-state index in [9.17, 15) is 0 Å². The Kier molecular flexibility index (Phi) is 1.86. The quantitative estimate of drug-likeness (QED) is 0.502. The van der Waals surface area contributed by atoms with Crippen molar-refractivity contribution in [3.8, 4) is 0 Å². The van der Waals surface area contributed by atoms with Crippen LogP contribution in [-0.4, -0.2) is 23.8 Å². The average molecular weight is 192 g/mol. The standard InChI is InChI=1S/C12H20N2/c13-11(10-3-4-10)14-8-7-12(9-14)5-1-2-6-12/h10,13H,1-9H2. The molecule has 2 nitrogen and oxygen atoms in total. The Bertz CT molecular complexity index is 249. The Morgan fingerprint density at radius 2 is 1.86 bits per heavy atom. The van der Waals surface area contributed by atoms with Crippen LogP contribution in [0.25, 0.3) is 0 Å². The van der Waals surface area contributed by atoms with Crippen LogP contribution in [-0.2, 0) is 0 Å². The van der Waals surface area contributed by atoms with Gasteiger partial charge in [-0.3, -0.25) is 5.41 Å². The second kappa shape index (κ2) is 2.98. The minimum Gasteiger partial charge on any atom is -0.360 e. The summed E-state index contributed by atoms with van der Waals surface area (Å²) in [7, 11) is 0. The van der Waals surface area contributed by atoms with Gasteiger partial charge in [-0.15, -0.1) is 0 Å². The zero-order chi connectivity index (χ0) is 9.60. The van der Waals surface area contributed by atoms with Gasteiger partial charge in [0.05, 0.1) is 5.84 Å². The van der Waals surface area contributed by atoms with Gasteiger partial charge in [-0.05, 0) is 37.5 Å². The molecule has 0 radical (unpaired) electrons. The third-order valence-electron chi connectivity index (χ3n) is 4.41. The predicted octanol–water partition coefficient (Wildman–Crippen LogP) is 2.64. The summed E-state index contributed by atoms with van der Waals surface area (Å²) in [6.45, 7) is 2.39. The van der Waals surface area contributed by atoms with E-state index in [1.165, 1.54) is 58.0 Å². The fourth-order valence-corrected chi connectivity index (χ4v) is 3.29. The molecule has 14 heavy (non-hydrogen) atoms. The van der Waals surface area contributed by atoms with Crippen molar-refractivity contribution in [2.45, 2.75) is 44.9 Å². The van der Waals surface area contributed by atoms with Crippen molar-refractivity contribution in [2.24, 2.45) is 11.3 Å². The molecule has 2 aliphatic carbocycles. The van der Waals surface area contributed by atoms with Crippen LogP contribution in [0.1, 0.15) is 44.9 Å². The van der Waals surface area contributed by atoms with E-state index in [0.717, 1.165) is 5.84 Å². The normalized spacial score (nSPS) is 30.1. The lowest BCUT2D eigenvalue weighted by Crippen LogP contribution is -2.31. The van der Waals surface area contributed by atoms with Gasteiger partial charge in [-0.1, -0.05) is 12.8 Å². The van der Waals surface area contributed by atoms with E-state index in [1.807, 2.05) is 0 Å². The molecule has 0 aromatic heterocycles. The minimum atomic E-state index is 0.640. The number of rotatable bonds is 1. The van der Waals surface area contributed by atoms with Crippen LogP contribution in [0.3, 0.4) is 0 Å². The first-order valence-corrected chi connectivity index (χ1v) is 6.13. The lowest BCUT2D eigenvalue weighted by atomic mass is 9.86. The molecule has 3 aliphatic rings. The maximum absolute atomic E-state index is 8.08. The Labute approximate surface area is 86.2 Å². The molecular formula is C12H20N2. The Morgan fingerprint density at radius 3 is 2.50 bits per heavy atom. The van der Waals surface area contributed by atoms with Crippen LogP contribution in [0.4, 0.5) is 0 Å². The smallest absolute Gasteiger partial charge is 0.0989 e. The van der Waals surface area contributed by atoms with Gasteiger partial charge < -0.3 is 4.90 Å². The van der Waals surface area contributed by atoms with E-state index in [0.29, 0.717) is 11.3 Å². The van der Waals surface area contributed by atoms with Gasteiger partial charge in [0, 0.05) is 19.0 Å². The SMILES string of the molecule is N=C(C1CC1)N1CCC2(CCCC2)C1. The number of likely N-dealkylation sites (tertiary alicyclic amines) is 1. The monoisotopic (exact) mass is 192 g/mol. The lowest BCUT2D eigenvalue weighted by molar-refractivity contribution is 0.309. The molecule has 0 atom stereocenters. The number of amidine groups is 1. The van der Waals surface area contributed by atoms with Crippen molar-refractivity contribution in [3.63, 3.8) is 0 Å². The first-order valence-electron chi connectivity index (χ1n) is 6.13. The Morgan fingerprint density at radius 1 is 1.14 bits per heavy atom. The summed E-state index contributed by atoms with van der Waals surface area (Å²) in [5, 5.41) is 8.08. The molecule has 0 aromatic carbocycles. The van der Waals surface area contributed by atoms with Gasteiger partial charge in [0.2, 0.25) is 0 Å². The van der Waals surface area contributed by atoms with Gasteiger partial charge >= 0.3 is 0 Å². The number of nitrogens with zero attached hydrogens (tertiary/aromatic N) is 1. The molecular weight excluding hydrogens is 172 g/mol. The van der Waals surface area contributed by atoms with E-state index in [-0.39, 0.29) is 0 Å². The fraction of sp³-hybridized carbons (Fsp3) is 0.917. The molecule has 1 saturated heterocycles. The van der Waals surface area contributed by atoms with Gasteiger partial charge in [0.1, 0.15) is 0 Å². The van der Waals surface area contributed by atoms with E-state index in [2.05, 4.69) is 4.90 Å². The average Bonchev–Trinajstić information content (AvgIpc) is 2.82. The van der Waals surface area contributed by atoms with Gasteiger partial charge in [-0.25, -0.2) is 0 Å². The predicted molar refractivity (Wildman–Crippen MR) is 57.5 cm³/mol. The van der Waals surface area contributed by atoms with Crippen LogP contribution in [0.2, 0.25) is 0 Å². The van der Waals surface area contributed by atoms with E-state index < -0.39 is 0 Å². The molecule has 0 unspecified atom stereocenters. The molecule has 0 amide bonds. The summed E-state index contributed by atoms with van der Waals surface area (Å²) >= 11 is 0. The van der Waals surface area contributed by atoms with Crippen molar-refractivity contribution < 1.29 is 0 Å².